The Kier molecular flexibility index (Phi) is 6.10. The van der Waals surface area contributed by atoms with Gasteiger partial charge >= 0.3 is 0 Å². The Balaban J connectivity index is 1.89. The minimum Gasteiger partial charge on any atom is -0.396 e. The lowest BCUT2D eigenvalue weighted by molar-refractivity contribution is 0.0944. The number of hydrogen-bond donors (Lipinski definition) is 2. The molecule has 4 atom stereocenters. The van der Waals surface area contributed by atoms with E-state index >= 15 is 0 Å². The number of likely N-dealkylation sites (tertiary alicyclic amines) is 1. The zero-order valence-electron chi connectivity index (χ0n) is 14.6. The van der Waals surface area contributed by atoms with Gasteiger partial charge in [0, 0.05) is 25.7 Å². The van der Waals surface area contributed by atoms with Crippen LogP contribution in [-0.4, -0.2) is 49.3 Å². The van der Waals surface area contributed by atoms with E-state index in [1.54, 1.807) is 0 Å². The summed E-state index contributed by atoms with van der Waals surface area (Å²) in [7, 11) is 2.13. The maximum absolute atomic E-state index is 9.11. The molecule has 2 aliphatic rings. The Morgan fingerprint density at radius 1 is 1.19 bits per heavy atom. The van der Waals surface area contributed by atoms with Crippen LogP contribution in [-0.2, 0) is 0 Å². The monoisotopic (exact) mass is 296 g/mol. The Morgan fingerprint density at radius 3 is 2.57 bits per heavy atom. The number of aliphatic hydroxyl groups excluding tert-OH is 1. The molecule has 3 heteroatoms. The van der Waals surface area contributed by atoms with Gasteiger partial charge in [0.1, 0.15) is 0 Å². The van der Waals surface area contributed by atoms with Crippen molar-refractivity contribution >= 4 is 0 Å². The summed E-state index contributed by atoms with van der Waals surface area (Å²) in [6.07, 6.45) is 6.34. The molecule has 0 aromatic rings. The van der Waals surface area contributed by atoms with Gasteiger partial charge < -0.3 is 15.3 Å². The smallest absolute Gasteiger partial charge is 0.0434 e. The molecule has 0 radical (unpaired) electrons. The Hall–Kier alpha value is -0.120. The van der Waals surface area contributed by atoms with Crippen LogP contribution in [0, 0.1) is 23.2 Å². The molecule has 2 N–H and O–H groups in total. The van der Waals surface area contributed by atoms with Crippen LogP contribution in [0.15, 0.2) is 0 Å². The third-order valence-corrected chi connectivity index (χ3v) is 5.98. The van der Waals surface area contributed by atoms with Gasteiger partial charge in [-0.25, -0.2) is 0 Å². The highest BCUT2D eigenvalue weighted by Gasteiger charge is 2.36. The maximum atomic E-state index is 9.11. The average Bonchev–Trinajstić information content (AvgIpc) is 2.85. The van der Waals surface area contributed by atoms with Gasteiger partial charge in [-0.2, -0.15) is 0 Å². The first kappa shape index (κ1) is 17.2. The fourth-order valence-electron chi connectivity index (χ4n) is 4.46. The summed E-state index contributed by atoms with van der Waals surface area (Å²) in [4.78, 5) is 2.65. The predicted molar refractivity (Wildman–Crippen MR) is 89.4 cm³/mol. The second-order valence-corrected chi connectivity index (χ2v) is 8.46. The Morgan fingerprint density at radius 2 is 1.95 bits per heavy atom. The molecular formula is C18H36N2O. The lowest BCUT2D eigenvalue weighted by Gasteiger charge is -2.43. The fraction of sp³-hybridized carbons (Fsp3) is 1.00. The zero-order valence-corrected chi connectivity index (χ0v) is 14.6. The van der Waals surface area contributed by atoms with Crippen LogP contribution >= 0.6 is 0 Å². The second-order valence-electron chi connectivity index (χ2n) is 8.46. The van der Waals surface area contributed by atoms with E-state index in [9.17, 15) is 0 Å². The van der Waals surface area contributed by atoms with Gasteiger partial charge in [-0.3, -0.25) is 0 Å². The molecule has 1 saturated heterocycles. The van der Waals surface area contributed by atoms with Crippen molar-refractivity contribution in [3.8, 4) is 0 Å². The van der Waals surface area contributed by atoms with E-state index in [2.05, 4.69) is 38.0 Å². The molecule has 2 rings (SSSR count). The maximum Gasteiger partial charge on any atom is 0.0434 e. The van der Waals surface area contributed by atoms with Gasteiger partial charge in [-0.15, -0.1) is 0 Å². The van der Waals surface area contributed by atoms with E-state index in [1.165, 1.54) is 45.3 Å². The molecule has 21 heavy (non-hydrogen) atoms. The molecule has 0 amide bonds. The van der Waals surface area contributed by atoms with Crippen LogP contribution in [0.1, 0.15) is 52.9 Å². The normalized spacial score (nSPS) is 35.3. The van der Waals surface area contributed by atoms with Crippen molar-refractivity contribution in [3.05, 3.63) is 0 Å². The number of nitrogens with zero attached hydrogens (tertiary/aromatic N) is 1. The van der Waals surface area contributed by atoms with E-state index in [0.717, 1.165) is 24.2 Å². The molecule has 4 unspecified atom stereocenters. The number of hydrogen-bond acceptors (Lipinski definition) is 3. The summed E-state index contributed by atoms with van der Waals surface area (Å²) >= 11 is 0. The third kappa shape index (κ3) is 4.67. The van der Waals surface area contributed by atoms with Crippen molar-refractivity contribution in [1.29, 1.82) is 0 Å². The van der Waals surface area contributed by atoms with Crippen LogP contribution in [0.4, 0.5) is 0 Å². The predicted octanol–water partition coefficient (Wildman–Crippen LogP) is 2.74. The lowest BCUT2D eigenvalue weighted by Crippen LogP contribution is -2.46. The van der Waals surface area contributed by atoms with Crippen molar-refractivity contribution in [3.63, 3.8) is 0 Å². The summed E-state index contributed by atoms with van der Waals surface area (Å²) in [6.45, 7) is 11.3. The number of aliphatic hydroxyl groups is 1. The zero-order chi connectivity index (χ0) is 15.5. The molecule has 1 heterocycles. The molecule has 0 aromatic carbocycles. The van der Waals surface area contributed by atoms with Gasteiger partial charge in [0.05, 0.1) is 0 Å². The highest BCUT2D eigenvalue weighted by molar-refractivity contribution is 4.91. The first-order valence-corrected chi connectivity index (χ1v) is 8.94. The van der Waals surface area contributed by atoms with Crippen LogP contribution < -0.4 is 5.32 Å². The minimum atomic E-state index is 0.354. The highest BCUT2D eigenvalue weighted by atomic mass is 16.3. The minimum absolute atomic E-state index is 0.354. The van der Waals surface area contributed by atoms with Crippen molar-refractivity contribution in [2.24, 2.45) is 23.2 Å². The first-order valence-electron chi connectivity index (χ1n) is 8.94. The van der Waals surface area contributed by atoms with Crippen LogP contribution in [0.3, 0.4) is 0 Å². The standard InChI is InChI=1S/C18H36N2O/c1-18(2,3)16-5-6-17(19-4)15(11-16)13-20-9-7-14(12-20)8-10-21/h14-17,19,21H,5-13H2,1-4H3. The van der Waals surface area contributed by atoms with Crippen molar-refractivity contribution in [1.82, 2.24) is 10.2 Å². The topological polar surface area (TPSA) is 35.5 Å². The molecular weight excluding hydrogens is 260 g/mol. The van der Waals surface area contributed by atoms with E-state index < -0.39 is 0 Å². The second kappa shape index (κ2) is 7.43. The molecule has 0 bridgehead atoms. The first-order chi connectivity index (χ1) is 9.94. The molecule has 2 fully saturated rings. The SMILES string of the molecule is CNC1CCC(C(C)(C)C)CC1CN1CCC(CCO)C1. The summed E-state index contributed by atoms with van der Waals surface area (Å²) in [5.74, 6) is 2.38. The Labute approximate surface area is 131 Å². The Bertz CT molecular complexity index is 313. The van der Waals surface area contributed by atoms with Crippen LogP contribution in [0.2, 0.25) is 0 Å². The van der Waals surface area contributed by atoms with E-state index in [1.807, 2.05) is 0 Å². The van der Waals surface area contributed by atoms with Gasteiger partial charge in [-0.05, 0) is 68.9 Å². The molecule has 124 valence electrons. The fourth-order valence-corrected chi connectivity index (χ4v) is 4.46. The van der Waals surface area contributed by atoms with Crippen molar-refractivity contribution < 1.29 is 5.11 Å². The van der Waals surface area contributed by atoms with Crippen LogP contribution in [0.25, 0.3) is 0 Å². The van der Waals surface area contributed by atoms with Gasteiger partial charge in [0.2, 0.25) is 0 Å². The number of nitrogens with one attached hydrogen (secondary N) is 1. The quantitative estimate of drug-likeness (QED) is 0.819. The van der Waals surface area contributed by atoms with Gasteiger partial charge in [-0.1, -0.05) is 20.8 Å². The van der Waals surface area contributed by atoms with E-state index in [0.29, 0.717) is 18.1 Å². The summed E-state index contributed by atoms with van der Waals surface area (Å²) in [6, 6.07) is 0.695. The summed E-state index contributed by atoms with van der Waals surface area (Å²) in [5, 5.41) is 12.7. The van der Waals surface area contributed by atoms with E-state index in [4.69, 9.17) is 5.11 Å². The van der Waals surface area contributed by atoms with E-state index in [-0.39, 0.29) is 0 Å². The van der Waals surface area contributed by atoms with Crippen LogP contribution in [0.5, 0.6) is 0 Å². The highest BCUT2D eigenvalue weighted by Crippen LogP contribution is 2.40. The molecule has 1 aliphatic heterocycles. The van der Waals surface area contributed by atoms with Gasteiger partial charge in [0.25, 0.3) is 0 Å². The molecule has 1 aliphatic carbocycles. The third-order valence-electron chi connectivity index (χ3n) is 5.98. The largest absolute Gasteiger partial charge is 0.396 e. The molecule has 3 nitrogen and oxygen atoms in total. The average molecular weight is 296 g/mol. The van der Waals surface area contributed by atoms with Gasteiger partial charge in [0.15, 0.2) is 0 Å². The molecule has 0 spiro atoms. The summed E-state index contributed by atoms with van der Waals surface area (Å²) in [5.41, 5.74) is 0.446. The van der Waals surface area contributed by atoms with Crippen molar-refractivity contribution in [2.45, 2.75) is 58.9 Å². The van der Waals surface area contributed by atoms with Crippen molar-refractivity contribution in [2.75, 3.05) is 33.3 Å². The molecule has 0 aromatic heterocycles. The lowest BCUT2D eigenvalue weighted by atomic mass is 9.67. The number of rotatable bonds is 5. The summed E-state index contributed by atoms with van der Waals surface area (Å²) < 4.78 is 0. The molecule has 1 saturated carbocycles.